The fraction of sp³-hybridized carbons (Fsp3) is 0.143. The predicted octanol–water partition coefficient (Wildman–Crippen LogP) is 2.92. The second-order valence-electron chi connectivity index (χ2n) is 4.40. The first kappa shape index (κ1) is 12.1. The van der Waals surface area contributed by atoms with Crippen molar-refractivity contribution in [1.29, 1.82) is 0 Å². The SMILES string of the molecule is Cc1cc(N)cc(Nc2cccc(C)c2O)c1N. The van der Waals surface area contributed by atoms with Gasteiger partial charge < -0.3 is 21.9 Å². The maximum atomic E-state index is 9.95. The molecule has 0 unspecified atom stereocenters. The Kier molecular flexibility index (Phi) is 3.02. The van der Waals surface area contributed by atoms with Crippen LogP contribution < -0.4 is 16.8 Å². The molecular formula is C14H17N3O. The van der Waals surface area contributed by atoms with E-state index in [1.54, 1.807) is 12.1 Å². The first-order chi connectivity index (χ1) is 8.49. The van der Waals surface area contributed by atoms with Gasteiger partial charge >= 0.3 is 0 Å². The first-order valence-corrected chi connectivity index (χ1v) is 5.70. The number of nitrogen functional groups attached to an aromatic ring is 2. The van der Waals surface area contributed by atoms with Crippen LogP contribution in [0.5, 0.6) is 5.75 Å². The molecule has 0 bridgehead atoms. The molecule has 0 atom stereocenters. The zero-order valence-electron chi connectivity index (χ0n) is 10.5. The smallest absolute Gasteiger partial charge is 0.141 e. The number of nitrogens with one attached hydrogen (secondary N) is 1. The van der Waals surface area contributed by atoms with Crippen LogP contribution in [0.3, 0.4) is 0 Å². The van der Waals surface area contributed by atoms with Gasteiger partial charge in [-0.2, -0.15) is 0 Å². The summed E-state index contributed by atoms with van der Waals surface area (Å²) in [7, 11) is 0. The van der Waals surface area contributed by atoms with E-state index in [2.05, 4.69) is 5.32 Å². The topological polar surface area (TPSA) is 84.3 Å². The van der Waals surface area contributed by atoms with E-state index in [1.165, 1.54) is 0 Å². The Hall–Kier alpha value is -2.36. The van der Waals surface area contributed by atoms with Gasteiger partial charge in [0.15, 0.2) is 0 Å². The average molecular weight is 243 g/mol. The van der Waals surface area contributed by atoms with Crippen LogP contribution in [-0.2, 0) is 0 Å². The van der Waals surface area contributed by atoms with Gasteiger partial charge in [-0.15, -0.1) is 0 Å². The van der Waals surface area contributed by atoms with Crippen LogP contribution in [0.1, 0.15) is 11.1 Å². The summed E-state index contributed by atoms with van der Waals surface area (Å²) >= 11 is 0. The molecule has 0 radical (unpaired) electrons. The number of hydrogen-bond donors (Lipinski definition) is 4. The molecular weight excluding hydrogens is 226 g/mol. The monoisotopic (exact) mass is 243 g/mol. The zero-order valence-corrected chi connectivity index (χ0v) is 10.5. The number of benzene rings is 2. The van der Waals surface area contributed by atoms with Crippen molar-refractivity contribution in [3.05, 3.63) is 41.5 Å². The molecule has 0 aliphatic rings. The summed E-state index contributed by atoms with van der Waals surface area (Å²) in [5, 5.41) is 13.1. The Balaban J connectivity index is 2.43. The molecule has 6 N–H and O–H groups in total. The van der Waals surface area contributed by atoms with E-state index >= 15 is 0 Å². The standard InChI is InChI=1S/C14H17N3O/c1-8-4-3-5-11(14(8)18)17-12-7-10(15)6-9(2)13(12)16/h3-7,17-18H,15-16H2,1-2H3. The van der Waals surface area contributed by atoms with Crippen LogP contribution in [-0.4, -0.2) is 5.11 Å². The third-order valence-electron chi connectivity index (χ3n) is 2.92. The minimum absolute atomic E-state index is 0.219. The number of phenolic OH excluding ortho intramolecular Hbond substituents is 1. The molecule has 0 saturated heterocycles. The predicted molar refractivity (Wildman–Crippen MR) is 76.1 cm³/mol. The maximum absolute atomic E-state index is 9.95. The van der Waals surface area contributed by atoms with Crippen molar-refractivity contribution in [2.75, 3.05) is 16.8 Å². The lowest BCUT2D eigenvalue weighted by Gasteiger charge is -2.14. The van der Waals surface area contributed by atoms with Crippen LogP contribution in [0.25, 0.3) is 0 Å². The Morgan fingerprint density at radius 2 is 1.72 bits per heavy atom. The number of phenols is 1. The van der Waals surface area contributed by atoms with Crippen molar-refractivity contribution < 1.29 is 5.11 Å². The number of anilines is 4. The van der Waals surface area contributed by atoms with Crippen LogP contribution in [0.2, 0.25) is 0 Å². The van der Waals surface area contributed by atoms with Gasteiger partial charge in [-0.05, 0) is 43.2 Å². The van der Waals surface area contributed by atoms with E-state index < -0.39 is 0 Å². The van der Waals surface area contributed by atoms with Crippen LogP contribution in [0.4, 0.5) is 22.7 Å². The summed E-state index contributed by atoms with van der Waals surface area (Å²) in [6.07, 6.45) is 0. The van der Waals surface area contributed by atoms with Crippen LogP contribution in [0, 0.1) is 13.8 Å². The Morgan fingerprint density at radius 3 is 2.44 bits per heavy atom. The molecule has 0 saturated carbocycles. The van der Waals surface area contributed by atoms with Gasteiger partial charge in [-0.1, -0.05) is 12.1 Å². The average Bonchev–Trinajstić information content (AvgIpc) is 2.31. The molecule has 0 aliphatic carbocycles. The minimum atomic E-state index is 0.219. The lowest BCUT2D eigenvalue weighted by Crippen LogP contribution is -2.01. The molecule has 0 aromatic heterocycles. The fourth-order valence-corrected chi connectivity index (χ4v) is 1.83. The summed E-state index contributed by atoms with van der Waals surface area (Å²) in [6.45, 7) is 3.74. The van der Waals surface area contributed by atoms with Gasteiger partial charge in [0, 0.05) is 5.69 Å². The lowest BCUT2D eigenvalue weighted by molar-refractivity contribution is 0.473. The second-order valence-corrected chi connectivity index (χ2v) is 4.40. The number of aromatic hydroxyl groups is 1. The van der Waals surface area contributed by atoms with Gasteiger partial charge in [0.25, 0.3) is 0 Å². The van der Waals surface area contributed by atoms with E-state index in [0.29, 0.717) is 22.7 Å². The minimum Gasteiger partial charge on any atom is -0.505 e. The molecule has 0 aliphatic heterocycles. The van der Waals surface area contributed by atoms with Crippen molar-refractivity contribution in [2.24, 2.45) is 0 Å². The highest BCUT2D eigenvalue weighted by atomic mass is 16.3. The summed E-state index contributed by atoms with van der Waals surface area (Å²) in [4.78, 5) is 0. The van der Waals surface area contributed by atoms with Gasteiger partial charge in [0.2, 0.25) is 0 Å². The van der Waals surface area contributed by atoms with Crippen LogP contribution in [0.15, 0.2) is 30.3 Å². The molecule has 2 rings (SSSR count). The fourth-order valence-electron chi connectivity index (χ4n) is 1.83. The number of para-hydroxylation sites is 1. The molecule has 4 nitrogen and oxygen atoms in total. The van der Waals surface area contributed by atoms with E-state index in [-0.39, 0.29) is 5.75 Å². The Labute approximate surface area is 106 Å². The molecule has 0 spiro atoms. The lowest BCUT2D eigenvalue weighted by atomic mass is 10.1. The highest BCUT2D eigenvalue weighted by Crippen LogP contribution is 2.33. The third kappa shape index (κ3) is 2.18. The van der Waals surface area contributed by atoms with Gasteiger partial charge in [-0.3, -0.25) is 0 Å². The zero-order chi connectivity index (χ0) is 13.3. The summed E-state index contributed by atoms with van der Waals surface area (Å²) in [5.41, 5.74) is 16.1. The first-order valence-electron chi connectivity index (χ1n) is 5.70. The third-order valence-corrected chi connectivity index (χ3v) is 2.92. The molecule has 0 fully saturated rings. The van der Waals surface area contributed by atoms with Crippen LogP contribution >= 0.6 is 0 Å². The number of nitrogens with two attached hydrogens (primary N) is 2. The quantitative estimate of drug-likeness (QED) is 0.482. The normalized spacial score (nSPS) is 10.3. The van der Waals surface area contributed by atoms with E-state index in [0.717, 1.165) is 11.1 Å². The van der Waals surface area contributed by atoms with Gasteiger partial charge in [-0.25, -0.2) is 0 Å². The van der Waals surface area contributed by atoms with Crippen molar-refractivity contribution in [2.45, 2.75) is 13.8 Å². The largest absolute Gasteiger partial charge is 0.505 e. The van der Waals surface area contributed by atoms with Gasteiger partial charge in [0.1, 0.15) is 5.75 Å². The van der Waals surface area contributed by atoms with Gasteiger partial charge in [0.05, 0.1) is 17.1 Å². The second kappa shape index (κ2) is 4.49. The Bertz CT molecular complexity index is 594. The van der Waals surface area contributed by atoms with Crippen molar-refractivity contribution in [3.63, 3.8) is 0 Å². The maximum Gasteiger partial charge on any atom is 0.141 e. The highest BCUT2D eigenvalue weighted by molar-refractivity contribution is 5.80. The number of aryl methyl sites for hydroxylation is 2. The van der Waals surface area contributed by atoms with E-state index in [1.807, 2.05) is 32.0 Å². The van der Waals surface area contributed by atoms with Crippen molar-refractivity contribution >= 4 is 22.7 Å². The molecule has 0 amide bonds. The molecule has 94 valence electrons. The van der Waals surface area contributed by atoms with E-state index in [9.17, 15) is 5.11 Å². The van der Waals surface area contributed by atoms with Crippen molar-refractivity contribution in [1.82, 2.24) is 0 Å². The number of hydrogen-bond acceptors (Lipinski definition) is 4. The molecule has 2 aromatic rings. The molecule has 4 heteroatoms. The summed E-state index contributed by atoms with van der Waals surface area (Å²) in [6, 6.07) is 9.07. The Morgan fingerprint density at radius 1 is 1.00 bits per heavy atom. The van der Waals surface area contributed by atoms with Crippen molar-refractivity contribution in [3.8, 4) is 5.75 Å². The number of rotatable bonds is 2. The molecule has 2 aromatic carbocycles. The summed E-state index contributed by atoms with van der Waals surface area (Å²) < 4.78 is 0. The van der Waals surface area contributed by atoms with E-state index in [4.69, 9.17) is 11.5 Å². The molecule has 18 heavy (non-hydrogen) atoms. The molecule has 0 heterocycles. The summed E-state index contributed by atoms with van der Waals surface area (Å²) in [5.74, 6) is 0.219. The highest BCUT2D eigenvalue weighted by Gasteiger charge is 2.08.